The summed E-state index contributed by atoms with van der Waals surface area (Å²) in [5, 5.41) is 11.4. The Labute approximate surface area is 117 Å². The molecule has 0 aliphatic heterocycles. The predicted molar refractivity (Wildman–Crippen MR) is 72.3 cm³/mol. The summed E-state index contributed by atoms with van der Waals surface area (Å²) in [6.45, 7) is 5.65. The smallest absolute Gasteiger partial charge is 0.407 e. The average molecular weight is 275 g/mol. The number of amides is 1. The molecule has 106 valence electrons. The van der Waals surface area contributed by atoms with Crippen LogP contribution in [-0.2, 0) is 11.2 Å². The van der Waals surface area contributed by atoms with Gasteiger partial charge in [0.15, 0.2) is 0 Å². The Morgan fingerprint density at radius 3 is 2.75 bits per heavy atom. The van der Waals surface area contributed by atoms with E-state index in [-0.39, 0.29) is 5.69 Å². The highest BCUT2D eigenvalue weighted by atomic mass is 16.6. The molecule has 6 heteroatoms. The van der Waals surface area contributed by atoms with Crippen molar-refractivity contribution in [1.29, 1.82) is 5.26 Å². The Balaban J connectivity index is 2.56. The molecule has 1 amide bonds. The molecule has 1 aromatic rings. The maximum absolute atomic E-state index is 11.4. The van der Waals surface area contributed by atoms with Crippen LogP contribution in [0.4, 0.5) is 4.79 Å². The number of alkyl carbamates (subject to hydrolysis) is 1. The molecule has 0 saturated heterocycles. The first-order valence-electron chi connectivity index (χ1n) is 6.17. The molecule has 1 rings (SSSR count). The lowest BCUT2D eigenvalue weighted by Gasteiger charge is -2.19. The number of nitriles is 1. The minimum absolute atomic E-state index is 0.182. The van der Waals surface area contributed by atoms with Crippen molar-refractivity contribution < 1.29 is 14.3 Å². The molecule has 0 bridgehead atoms. The van der Waals surface area contributed by atoms with E-state index in [9.17, 15) is 9.59 Å². The molecule has 1 N–H and O–H groups in total. The summed E-state index contributed by atoms with van der Waals surface area (Å²) in [4.78, 5) is 26.2. The molecule has 0 saturated carbocycles. The van der Waals surface area contributed by atoms with E-state index in [2.05, 4.69) is 10.3 Å². The summed E-state index contributed by atoms with van der Waals surface area (Å²) in [5.74, 6) is 0. The zero-order chi connectivity index (χ0) is 15.2. The number of carbonyl (C=O) groups excluding carboxylic acids is 2. The van der Waals surface area contributed by atoms with Crippen LogP contribution in [0, 0.1) is 11.3 Å². The Morgan fingerprint density at radius 2 is 2.20 bits per heavy atom. The largest absolute Gasteiger partial charge is 0.444 e. The van der Waals surface area contributed by atoms with Gasteiger partial charge in [0, 0.05) is 24.2 Å². The Morgan fingerprint density at radius 1 is 1.50 bits per heavy atom. The number of hydrogen-bond donors (Lipinski definition) is 1. The van der Waals surface area contributed by atoms with Crippen LogP contribution in [0.5, 0.6) is 0 Å². The van der Waals surface area contributed by atoms with E-state index in [1.165, 1.54) is 6.07 Å². The van der Waals surface area contributed by atoms with Crippen molar-refractivity contribution in [3.8, 4) is 6.07 Å². The first-order valence-corrected chi connectivity index (χ1v) is 6.17. The maximum atomic E-state index is 11.4. The van der Waals surface area contributed by atoms with Gasteiger partial charge in [0.25, 0.3) is 0 Å². The van der Waals surface area contributed by atoms with Crippen LogP contribution >= 0.6 is 0 Å². The molecule has 1 heterocycles. The van der Waals surface area contributed by atoms with Crippen LogP contribution < -0.4 is 5.32 Å². The Hall–Kier alpha value is -2.42. The van der Waals surface area contributed by atoms with E-state index in [1.54, 1.807) is 26.8 Å². The molecule has 1 aromatic heterocycles. The van der Waals surface area contributed by atoms with E-state index in [0.717, 1.165) is 0 Å². The van der Waals surface area contributed by atoms with Gasteiger partial charge in [-0.2, -0.15) is 5.26 Å². The van der Waals surface area contributed by atoms with Gasteiger partial charge in [0.1, 0.15) is 23.7 Å². The standard InChI is InChI=1S/C14H17N3O3/c1-14(2,3)20-13(19)16-5-4-11-6-10(9-18)7-12(8-15)17-11/h6-7,9H,4-5H2,1-3H3,(H,16,19). The minimum Gasteiger partial charge on any atom is -0.444 e. The van der Waals surface area contributed by atoms with Gasteiger partial charge in [-0.15, -0.1) is 0 Å². The van der Waals surface area contributed by atoms with Gasteiger partial charge in [-0.3, -0.25) is 4.79 Å². The molecular formula is C14H17N3O3. The number of nitrogens with one attached hydrogen (secondary N) is 1. The SMILES string of the molecule is CC(C)(C)OC(=O)NCCc1cc(C=O)cc(C#N)n1. The van der Waals surface area contributed by atoms with Gasteiger partial charge in [-0.1, -0.05) is 0 Å². The summed E-state index contributed by atoms with van der Waals surface area (Å²) in [7, 11) is 0. The van der Waals surface area contributed by atoms with Crippen molar-refractivity contribution in [2.45, 2.75) is 32.8 Å². The molecule has 0 radical (unpaired) electrons. The first-order chi connectivity index (χ1) is 9.34. The molecule has 0 aliphatic carbocycles. The molecule has 0 unspecified atom stereocenters. The number of ether oxygens (including phenoxy) is 1. The van der Waals surface area contributed by atoms with Crippen molar-refractivity contribution in [3.05, 3.63) is 29.1 Å². The molecule has 0 aromatic carbocycles. The third-order valence-electron chi connectivity index (χ3n) is 2.20. The normalized spacial score (nSPS) is 10.5. The van der Waals surface area contributed by atoms with E-state index in [4.69, 9.17) is 10.00 Å². The third-order valence-corrected chi connectivity index (χ3v) is 2.20. The lowest BCUT2D eigenvalue weighted by atomic mass is 10.2. The molecule has 0 spiro atoms. The van der Waals surface area contributed by atoms with E-state index in [1.807, 2.05) is 6.07 Å². The molecule has 20 heavy (non-hydrogen) atoms. The van der Waals surface area contributed by atoms with Gasteiger partial charge < -0.3 is 10.1 Å². The summed E-state index contributed by atoms with van der Waals surface area (Å²) < 4.78 is 5.09. The molecule has 0 atom stereocenters. The average Bonchev–Trinajstić information content (AvgIpc) is 2.36. The van der Waals surface area contributed by atoms with Gasteiger partial charge in [0.2, 0.25) is 0 Å². The number of carbonyl (C=O) groups is 2. The molecule has 0 fully saturated rings. The topological polar surface area (TPSA) is 92.1 Å². The van der Waals surface area contributed by atoms with Crippen LogP contribution in [0.25, 0.3) is 0 Å². The van der Waals surface area contributed by atoms with E-state index < -0.39 is 11.7 Å². The summed E-state index contributed by atoms with van der Waals surface area (Å²) in [6.07, 6.45) is 0.563. The van der Waals surface area contributed by atoms with Crippen molar-refractivity contribution in [2.75, 3.05) is 6.54 Å². The molecule has 6 nitrogen and oxygen atoms in total. The Kier molecular flexibility index (Phi) is 5.21. The van der Waals surface area contributed by atoms with Gasteiger partial charge >= 0.3 is 6.09 Å². The maximum Gasteiger partial charge on any atom is 0.407 e. The zero-order valence-corrected chi connectivity index (χ0v) is 11.8. The quantitative estimate of drug-likeness (QED) is 0.846. The number of aromatic nitrogens is 1. The van der Waals surface area contributed by atoms with Crippen LogP contribution in [0.1, 0.15) is 42.5 Å². The lowest BCUT2D eigenvalue weighted by molar-refractivity contribution is 0.0528. The number of hydrogen-bond acceptors (Lipinski definition) is 5. The van der Waals surface area contributed by atoms with Gasteiger partial charge in [0.05, 0.1) is 0 Å². The fourth-order valence-electron chi connectivity index (χ4n) is 1.47. The molecule has 0 aliphatic rings. The van der Waals surface area contributed by atoms with Crippen LogP contribution in [0.2, 0.25) is 0 Å². The van der Waals surface area contributed by atoms with Gasteiger partial charge in [-0.25, -0.2) is 9.78 Å². The monoisotopic (exact) mass is 275 g/mol. The second-order valence-corrected chi connectivity index (χ2v) is 5.19. The van der Waals surface area contributed by atoms with Gasteiger partial charge in [-0.05, 0) is 32.9 Å². The predicted octanol–water partition coefficient (Wildman–Crippen LogP) is 1.83. The van der Waals surface area contributed by atoms with Crippen LogP contribution in [-0.4, -0.2) is 29.5 Å². The second kappa shape index (κ2) is 6.66. The number of aldehydes is 1. The summed E-state index contributed by atoms with van der Waals surface area (Å²) >= 11 is 0. The highest BCUT2D eigenvalue weighted by molar-refractivity contribution is 5.75. The number of pyridine rings is 1. The van der Waals surface area contributed by atoms with E-state index in [0.29, 0.717) is 30.5 Å². The van der Waals surface area contributed by atoms with Crippen LogP contribution in [0.3, 0.4) is 0 Å². The first kappa shape index (κ1) is 15.6. The summed E-state index contributed by atoms with van der Waals surface area (Å²) in [5.41, 5.74) is 0.598. The fraction of sp³-hybridized carbons (Fsp3) is 0.429. The van der Waals surface area contributed by atoms with Crippen molar-refractivity contribution in [2.24, 2.45) is 0 Å². The number of rotatable bonds is 4. The van der Waals surface area contributed by atoms with Crippen molar-refractivity contribution in [1.82, 2.24) is 10.3 Å². The molecular weight excluding hydrogens is 258 g/mol. The minimum atomic E-state index is -0.548. The lowest BCUT2D eigenvalue weighted by Crippen LogP contribution is -2.33. The summed E-state index contributed by atoms with van der Waals surface area (Å²) in [6, 6.07) is 4.89. The van der Waals surface area contributed by atoms with Crippen molar-refractivity contribution >= 4 is 12.4 Å². The number of nitrogens with zero attached hydrogens (tertiary/aromatic N) is 2. The van der Waals surface area contributed by atoms with Crippen molar-refractivity contribution in [3.63, 3.8) is 0 Å². The highest BCUT2D eigenvalue weighted by Crippen LogP contribution is 2.07. The van der Waals surface area contributed by atoms with Crippen LogP contribution in [0.15, 0.2) is 12.1 Å². The highest BCUT2D eigenvalue weighted by Gasteiger charge is 2.15. The van der Waals surface area contributed by atoms with E-state index >= 15 is 0 Å². The second-order valence-electron chi connectivity index (χ2n) is 5.19. The Bertz CT molecular complexity index is 542. The fourth-order valence-corrected chi connectivity index (χ4v) is 1.47. The zero-order valence-electron chi connectivity index (χ0n) is 11.8. The third kappa shape index (κ3) is 5.48.